The summed E-state index contributed by atoms with van der Waals surface area (Å²) in [5, 5.41) is 8.56. The van der Waals surface area contributed by atoms with Crippen LogP contribution in [0.15, 0.2) is 18.3 Å². The maximum atomic E-state index is 10.4. The zero-order chi connectivity index (χ0) is 12.5. The Hall–Kier alpha value is -1.62. The maximum absolute atomic E-state index is 10.4. The van der Waals surface area contributed by atoms with Gasteiger partial charge in [-0.2, -0.15) is 0 Å². The largest absolute Gasteiger partial charge is 0.480 e. The van der Waals surface area contributed by atoms with Crippen LogP contribution in [0.25, 0.3) is 0 Å². The van der Waals surface area contributed by atoms with E-state index in [0.717, 1.165) is 11.4 Å². The van der Waals surface area contributed by atoms with Crippen molar-refractivity contribution in [2.24, 2.45) is 0 Å². The molecule has 0 saturated carbocycles. The van der Waals surface area contributed by atoms with Crippen molar-refractivity contribution in [1.82, 2.24) is 4.98 Å². The van der Waals surface area contributed by atoms with Gasteiger partial charge in [-0.15, -0.1) is 0 Å². The molecule has 0 amide bonds. The third-order valence-corrected chi connectivity index (χ3v) is 2.81. The number of hydrogen-bond donors (Lipinski definition) is 1. The Bertz CT molecular complexity index is 410. The summed E-state index contributed by atoms with van der Waals surface area (Å²) in [6.45, 7) is 5.02. The molecule has 5 nitrogen and oxygen atoms in total. The minimum absolute atomic E-state index is 0.244. The third kappa shape index (κ3) is 2.74. The molecular formula is C12H16N2O3. The van der Waals surface area contributed by atoms with Crippen LogP contribution in [0.3, 0.4) is 0 Å². The highest BCUT2D eigenvalue weighted by Crippen LogP contribution is 2.28. The van der Waals surface area contributed by atoms with Crippen molar-refractivity contribution in [1.29, 1.82) is 0 Å². The molecule has 1 aromatic heterocycles. The fourth-order valence-electron chi connectivity index (χ4n) is 1.90. The van der Waals surface area contributed by atoms with Gasteiger partial charge >= 0.3 is 5.97 Å². The van der Waals surface area contributed by atoms with E-state index in [2.05, 4.69) is 9.88 Å². The van der Waals surface area contributed by atoms with Crippen molar-refractivity contribution < 1.29 is 14.6 Å². The van der Waals surface area contributed by atoms with Gasteiger partial charge in [0, 0.05) is 19.3 Å². The number of ether oxygens (including phenoxy) is 1. The topological polar surface area (TPSA) is 62.7 Å². The Morgan fingerprint density at radius 2 is 2.29 bits per heavy atom. The lowest BCUT2D eigenvalue weighted by atomic mass is 9.96. The van der Waals surface area contributed by atoms with Crippen LogP contribution in [0.1, 0.15) is 12.5 Å². The second-order valence-corrected chi connectivity index (χ2v) is 4.68. The Labute approximate surface area is 100 Å². The highest BCUT2D eigenvalue weighted by Gasteiger charge is 2.40. The van der Waals surface area contributed by atoms with Gasteiger partial charge in [-0.05, 0) is 25.5 Å². The van der Waals surface area contributed by atoms with Crippen LogP contribution in [0.5, 0.6) is 0 Å². The minimum atomic E-state index is -0.932. The number of aryl methyl sites for hydroxylation is 1. The van der Waals surface area contributed by atoms with Crippen molar-refractivity contribution in [2.45, 2.75) is 19.4 Å². The molecule has 1 aliphatic rings. The van der Waals surface area contributed by atoms with Gasteiger partial charge in [-0.3, -0.25) is 0 Å². The fourth-order valence-corrected chi connectivity index (χ4v) is 1.90. The van der Waals surface area contributed by atoms with Gasteiger partial charge in [-0.25, -0.2) is 9.78 Å². The molecule has 17 heavy (non-hydrogen) atoms. The first-order chi connectivity index (χ1) is 7.98. The molecule has 0 radical (unpaired) electrons. The quantitative estimate of drug-likeness (QED) is 0.847. The second kappa shape index (κ2) is 4.33. The minimum Gasteiger partial charge on any atom is -0.480 e. The summed E-state index contributed by atoms with van der Waals surface area (Å²) in [4.78, 5) is 16.8. The molecule has 2 heterocycles. The smallest absolute Gasteiger partial charge is 0.329 e. The lowest BCUT2D eigenvalue weighted by Crippen LogP contribution is -2.62. The molecule has 0 aromatic carbocycles. The SMILES string of the molecule is Cc1ccc(N2CC(C)(OCC(=O)O)C2)nc1. The standard InChI is InChI=1S/C12H16N2O3/c1-9-3-4-10(13-5-9)14-7-12(2,8-14)17-6-11(15)16/h3-5H,6-8H2,1-2H3,(H,15,16). The van der Waals surface area contributed by atoms with Crippen LogP contribution in [0, 0.1) is 6.92 Å². The van der Waals surface area contributed by atoms with Crippen LogP contribution in [0.4, 0.5) is 5.82 Å². The van der Waals surface area contributed by atoms with E-state index < -0.39 is 5.97 Å². The van der Waals surface area contributed by atoms with E-state index in [-0.39, 0.29) is 12.2 Å². The average molecular weight is 236 g/mol. The molecular weight excluding hydrogens is 220 g/mol. The van der Waals surface area contributed by atoms with E-state index in [4.69, 9.17) is 9.84 Å². The highest BCUT2D eigenvalue weighted by molar-refractivity contribution is 5.68. The molecule has 5 heteroatoms. The van der Waals surface area contributed by atoms with Crippen molar-refractivity contribution >= 4 is 11.8 Å². The van der Waals surface area contributed by atoms with E-state index in [9.17, 15) is 4.79 Å². The summed E-state index contributed by atoms with van der Waals surface area (Å²) in [5.74, 6) is -0.0230. The van der Waals surface area contributed by atoms with Crippen molar-refractivity contribution in [3.05, 3.63) is 23.9 Å². The van der Waals surface area contributed by atoms with Gasteiger partial charge in [0.15, 0.2) is 0 Å². The molecule has 0 bridgehead atoms. The summed E-state index contributed by atoms with van der Waals surface area (Å²) in [6.07, 6.45) is 1.82. The first kappa shape index (κ1) is 11.9. The van der Waals surface area contributed by atoms with Crippen LogP contribution >= 0.6 is 0 Å². The molecule has 0 atom stereocenters. The number of pyridine rings is 1. The van der Waals surface area contributed by atoms with Crippen LogP contribution < -0.4 is 4.90 Å². The molecule has 0 aliphatic carbocycles. The number of carboxylic acids is 1. The van der Waals surface area contributed by atoms with Gasteiger partial charge in [0.1, 0.15) is 18.0 Å². The van der Waals surface area contributed by atoms with E-state index >= 15 is 0 Å². The summed E-state index contributed by atoms with van der Waals surface area (Å²) >= 11 is 0. The number of carboxylic acid groups (broad SMARTS) is 1. The molecule has 1 N–H and O–H groups in total. The predicted molar refractivity (Wildman–Crippen MR) is 63.2 cm³/mol. The molecule has 0 spiro atoms. The molecule has 1 fully saturated rings. The monoisotopic (exact) mass is 236 g/mol. The van der Waals surface area contributed by atoms with Gasteiger partial charge in [-0.1, -0.05) is 6.07 Å². The normalized spacial score (nSPS) is 17.6. The van der Waals surface area contributed by atoms with E-state index in [0.29, 0.717) is 13.1 Å². The zero-order valence-corrected chi connectivity index (χ0v) is 10.0. The number of hydrogen-bond acceptors (Lipinski definition) is 4. The first-order valence-electron chi connectivity index (χ1n) is 5.52. The van der Waals surface area contributed by atoms with Crippen molar-refractivity contribution in [2.75, 3.05) is 24.6 Å². The van der Waals surface area contributed by atoms with Crippen molar-refractivity contribution in [3.8, 4) is 0 Å². The molecule has 1 aromatic rings. The highest BCUT2D eigenvalue weighted by atomic mass is 16.5. The predicted octanol–water partition coefficient (Wildman–Crippen LogP) is 1.07. The fraction of sp³-hybridized carbons (Fsp3) is 0.500. The van der Waals surface area contributed by atoms with Crippen LogP contribution in [-0.4, -0.2) is 41.4 Å². The number of rotatable bonds is 4. The first-order valence-corrected chi connectivity index (χ1v) is 5.52. The summed E-state index contributed by atoms with van der Waals surface area (Å²) in [7, 11) is 0. The van der Waals surface area contributed by atoms with Crippen molar-refractivity contribution in [3.63, 3.8) is 0 Å². The second-order valence-electron chi connectivity index (χ2n) is 4.68. The summed E-state index contributed by atoms with van der Waals surface area (Å²) < 4.78 is 5.33. The van der Waals surface area contributed by atoms with Crippen LogP contribution in [-0.2, 0) is 9.53 Å². The Balaban J connectivity index is 1.89. The summed E-state index contributed by atoms with van der Waals surface area (Å²) in [5.41, 5.74) is 0.754. The molecule has 0 unspecified atom stereocenters. The average Bonchev–Trinajstić information content (AvgIpc) is 2.24. The molecule has 1 saturated heterocycles. The Morgan fingerprint density at radius 1 is 1.59 bits per heavy atom. The number of carbonyl (C=O) groups is 1. The van der Waals surface area contributed by atoms with Crippen LogP contribution in [0.2, 0.25) is 0 Å². The van der Waals surface area contributed by atoms with E-state index in [1.54, 1.807) is 0 Å². The van der Waals surface area contributed by atoms with E-state index in [1.165, 1.54) is 0 Å². The number of anilines is 1. The third-order valence-electron chi connectivity index (χ3n) is 2.81. The summed E-state index contributed by atoms with van der Waals surface area (Å²) in [6, 6.07) is 3.97. The Morgan fingerprint density at radius 3 is 2.82 bits per heavy atom. The van der Waals surface area contributed by atoms with Gasteiger partial charge < -0.3 is 14.7 Å². The lowest BCUT2D eigenvalue weighted by molar-refractivity contribution is -0.150. The van der Waals surface area contributed by atoms with Gasteiger partial charge in [0.05, 0.1) is 0 Å². The van der Waals surface area contributed by atoms with E-state index in [1.807, 2.05) is 32.2 Å². The molecule has 2 rings (SSSR count). The number of aromatic nitrogens is 1. The number of aliphatic carboxylic acids is 1. The maximum Gasteiger partial charge on any atom is 0.329 e. The lowest BCUT2D eigenvalue weighted by Gasteiger charge is -2.47. The van der Waals surface area contributed by atoms with Gasteiger partial charge in [0.2, 0.25) is 0 Å². The molecule has 92 valence electrons. The van der Waals surface area contributed by atoms with Gasteiger partial charge in [0.25, 0.3) is 0 Å². The molecule has 1 aliphatic heterocycles. The zero-order valence-electron chi connectivity index (χ0n) is 10.0. The number of nitrogens with zero attached hydrogens (tertiary/aromatic N) is 2. The Kier molecular flexibility index (Phi) is 3.02.